The van der Waals surface area contributed by atoms with Gasteiger partial charge in [-0.2, -0.15) is 5.10 Å². The number of aromatic nitrogens is 2. The molecule has 1 fully saturated rings. The van der Waals surface area contributed by atoms with E-state index >= 15 is 0 Å². The highest BCUT2D eigenvalue weighted by molar-refractivity contribution is 14.0. The van der Waals surface area contributed by atoms with Gasteiger partial charge in [-0.1, -0.05) is 12.1 Å². The van der Waals surface area contributed by atoms with Crippen LogP contribution in [0, 0.1) is 0 Å². The van der Waals surface area contributed by atoms with E-state index in [4.69, 9.17) is 9.73 Å². The highest BCUT2D eigenvalue weighted by atomic mass is 127. The summed E-state index contributed by atoms with van der Waals surface area (Å²) in [5.41, 5.74) is 2.80. The Morgan fingerprint density at radius 1 is 1.23 bits per heavy atom. The third-order valence-corrected chi connectivity index (χ3v) is 4.76. The Morgan fingerprint density at radius 3 is 2.60 bits per heavy atom. The lowest BCUT2D eigenvalue weighted by atomic mass is 10.1. The van der Waals surface area contributed by atoms with Gasteiger partial charge in [-0.25, -0.2) is 4.99 Å². The number of benzene rings is 1. The predicted molar refractivity (Wildman–Crippen MR) is 128 cm³/mol. The molecule has 164 valence electrons. The smallest absolute Gasteiger partial charge is 0.251 e. The van der Waals surface area contributed by atoms with E-state index in [1.54, 1.807) is 4.68 Å². The van der Waals surface area contributed by atoms with Crippen LogP contribution in [0.4, 0.5) is 0 Å². The van der Waals surface area contributed by atoms with Crippen LogP contribution in [0.1, 0.15) is 41.4 Å². The SMILES string of the molecule is CCNC(=O)c1ccc(CN=C(NCC)N2CCOC(c3cnn(C)c3)C2)cc1.I. The van der Waals surface area contributed by atoms with Crippen LogP contribution in [0.25, 0.3) is 0 Å². The second-order valence-corrected chi connectivity index (χ2v) is 6.98. The Balaban J connectivity index is 0.00000320. The Labute approximate surface area is 195 Å². The molecule has 0 spiro atoms. The van der Waals surface area contributed by atoms with Crippen LogP contribution in [0.15, 0.2) is 41.7 Å². The van der Waals surface area contributed by atoms with Gasteiger partial charge >= 0.3 is 0 Å². The number of carbonyl (C=O) groups is 1. The summed E-state index contributed by atoms with van der Waals surface area (Å²) >= 11 is 0. The van der Waals surface area contributed by atoms with Gasteiger partial charge in [-0.3, -0.25) is 9.48 Å². The number of hydrogen-bond acceptors (Lipinski definition) is 4. The molecule has 30 heavy (non-hydrogen) atoms. The lowest BCUT2D eigenvalue weighted by molar-refractivity contribution is -0.00805. The topological polar surface area (TPSA) is 83.8 Å². The Hall–Kier alpha value is -2.14. The highest BCUT2D eigenvalue weighted by Gasteiger charge is 2.25. The molecule has 0 radical (unpaired) electrons. The summed E-state index contributed by atoms with van der Waals surface area (Å²) in [5.74, 6) is 0.822. The number of nitrogens with one attached hydrogen (secondary N) is 2. The lowest BCUT2D eigenvalue weighted by Crippen LogP contribution is -2.48. The zero-order valence-electron chi connectivity index (χ0n) is 17.8. The Morgan fingerprint density at radius 2 is 1.97 bits per heavy atom. The van der Waals surface area contributed by atoms with Gasteiger partial charge in [-0.05, 0) is 31.5 Å². The summed E-state index contributed by atoms with van der Waals surface area (Å²) in [6, 6.07) is 7.59. The number of aliphatic imine (C=N–C) groups is 1. The molecule has 1 atom stereocenters. The maximum absolute atomic E-state index is 11.9. The number of rotatable bonds is 6. The van der Waals surface area contributed by atoms with Crippen LogP contribution in [0.3, 0.4) is 0 Å². The van der Waals surface area contributed by atoms with Gasteiger partial charge in [-0.15, -0.1) is 24.0 Å². The van der Waals surface area contributed by atoms with E-state index in [0.29, 0.717) is 25.3 Å². The van der Waals surface area contributed by atoms with Gasteiger partial charge in [0.2, 0.25) is 0 Å². The first-order valence-corrected chi connectivity index (χ1v) is 10.1. The maximum atomic E-state index is 11.9. The first kappa shape index (κ1) is 24.1. The van der Waals surface area contributed by atoms with Gasteiger partial charge in [0.25, 0.3) is 5.91 Å². The molecule has 1 saturated heterocycles. The fraction of sp³-hybridized carbons (Fsp3) is 0.476. The van der Waals surface area contributed by atoms with Crippen LogP contribution in [0.5, 0.6) is 0 Å². The van der Waals surface area contributed by atoms with E-state index in [1.165, 1.54) is 0 Å². The molecule has 1 aromatic heterocycles. The molecule has 0 bridgehead atoms. The summed E-state index contributed by atoms with van der Waals surface area (Å²) in [5, 5.41) is 10.4. The monoisotopic (exact) mass is 526 g/mol. The van der Waals surface area contributed by atoms with E-state index < -0.39 is 0 Å². The van der Waals surface area contributed by atoms with Gasteiger partial charge in [0.15, 0.2) is 5.96 Å². The third-order valence-electron chi connectivity index (χ3n) is 4.76. The molecule has 9 heteroatoms. The van der Waals surface area contributed by atoms with Gasteiger partial charge in [0.1, 0.15) is 6.10 Å². The summed E-state index contributed by atoms with van der Waals surface area (Å²) < 4.78 is 7.73. The number of aryl methyl sites for hydroxylation is 1. The molecule has 1 aromatic carbocycles. The number of ether oxygens (including phenoxy) is 1. The van der Waals surface area contributed by atoms with Crippen molar-refractivity contribution in [2.45, 2.75) is 26.5 Å². The molecule has 1 unspecified atom stereocenters. The fourth-order valence-corrected chi connectivity index (χ4v) is 3.27. The van der Waals surface area contributed by atoms with Gasteiger partial charge in [0, 0.05) is 44.0 Å². The van der Waals surface area contributed by atoms with Crippen LogP contribution < -0.4 is 10.6 Å². The Bertz CT molecular complexity index is 836. The molecule has 1 aliphatic heterocycles. The lowest BCUT2D eigenvalue weighted by Gasteiger charge is -2.34. The van der Waals surface area contributed by atoms with Crippen molar-refractivity contribution in [1.29, 1.82) is 0 Å². The van der Waals surface area contributed by atoms with Crippen LogP contribution >= 0.6 is 24.0 Å². The molecule has 2 N–H and O–H groups in total. The molecule has 0 aliphatic carbocycles. The molecule has 8 nitrogen and oxygen atoms in total. The van der Waals surface area contributed by atoms with E-state index in [-0.39, 0.29) is 36.0 Å². The minimum Gasteiger partial charge on any atom is -0.370 e. The minimum atomic E-state index is -0.0503. The number of morpholine rings is 1. The van der Waals surface area contributed by atoms with Crippen molar-refractivity contribution < 1.29 is 9.53 Å². The molecule has 1 aliphatic rings. The van der Waals surface area contributed by atoms with Crippen LogP contribution in [-0.4, -0.2) is 59.3 Å². The maximum Gasteiger partial charge on any atom is 0.251 e. The number of guanidine groups is 1. The third kappa shape index (κ3) is 6.43. The van der Waals surface area contributed by atoms with Crippen molar-refractivity contribution in [3.63, 3.8) is 0 Å². The highest BCUT2D eigenvalue weighted by Crippen LogP contribution is 2.21. The molecule has 0 saturated carbocycles. The largest absolute Gasteiger partial charge is 0.370 e. The molecular weight excluding hydrogens is 495 g/mol. The minimum absolute atomic E-state index is 0. The summed E-state index contributed by atoms with van der Waals surface area (Å²) in [4.78, 5) is 18.9. The first-order valence-electron chi connectivity index (χ1n) is 10.1. The normalized spacial score (nSPS) is 16.7. The zero-order valence-corrected chi connectivity index (χ0v) is 20.1. The molecule has 3 rings (SSSR count). The average Bonchev–Trinajstić information content (AvgIpc) is 3.18. The standard InChI is InChI=1S/C21H30N6O2.HI/c1-4-22-20(28)17-8-6-16(7-9-17)12-24-21(23-5-2)27-10-11-29-19(15-27)18-13-25-26(3)14-18;/h6-9,13-14,19H,4-5,10-12,15H2,1-3H3,(H,22,28)(H,23,24);1H. The molecule has 2 aromatic rings. The van der Waals surface area contributed by atoms with Gasteiger partial charge < -0.3 is 20.3 Å². The summed E-state index contributed by atoms with van der Waals surface area (Å²) in [7, 11) is 1.91. The predicted octanol–water partition coefficient (Wildman–Crippen LogP) is 2.33. The average molecular weight is 526 g/mol. The second-order valence-electron chi connectivity index (χ2n) is 6.98. The molecular formula is C21H31IN6O2. The van der Waals surface area contributed by atoms with Crippen molar-refractivity contribution in [3.8, 4) is 0 Å². The Kier molecular flexibility index (Phi) is 9.57. The second kappa shape index (κ2) is 11.9. The van der Waals surface area contributed by atoms with E-state index in [1.807, 2.05) is 50.6 Å². The quantitative estimate of drug-likeness (QED) is 0.343. The number of hydrogen-bond donors (Lipinski definition) is 2. The summed E-state index contributed by atoms with van der Waals surface area (Å²) in [6.07, 6.45) is 3.83. The van der Waals surface area contributed by atoms with Crippen molar-refractivity contribution in [1.82, 2.24) is 25.3 Å². The number of amides is 1. The molecule has 2 heterocycles. The molecule has 1 amide bonds. The summed E-state index contributed by atoms with van der Waals surface area (Å²) in [6.45, 7) is 8.11. The van der Waals surface area contributed by atoms with Crippen LogP contribution in [0.2, 0.25) is 0 Å². The van der Waals surface area contributed by atoms with Crippen LogP contribution in [-0.2, 0) is 18.3 Å². The van der Waals surface area contributed by atoms with E-state index in [9.17, 15) is 4.79 Å². The zero-order chi connectivity index (χ0) is 20.6. The van der Waals surface area contributed by atoms with Crippen molar-refractivity contribution in [2.75, 3.05) is 32.8 Å². The number of nitrogens with zero attached hydrogens (tertiary/aromatic N) is 4. The van der Waals surface area contributed by atoms with Crippen molar-refractivity contribution in [2.24, 2.45) is 12.0 Å². The van der Waals surface area contributed by atoms with Crippen molar-refractivity contribution in [3.05, 3.63) is 53.3 Å². The van der Waals surface area contributed by atoms with Gasteiger partial charge in [0.05, 0.1) is 25.9 Å². The first-order chi connectivity index (χ1) is 14.1. The number of carbonyl (C=O) groups excluding carboxylic acids is 1. The fourth-order valence-electron chi connectivity index (χ4n) is 3.27. The van der Waals surface area contributed by atoms with E-state index in [0.717, 1.165) is 36.7 Å². The van der Waals surface area contributed by atoms with Crippen molar-refractivity contribution >= 4 is 35.8 Å². The van der Waals surface area contributed by atoms with E-state index in [2.05, 4.69) is 27.6 Å². The number of halogens is 1.